The molecule has 0 radical (unpaired) electrons. The Kier molecular flexibility index (Phi) is 3.25. The lowest BCUT2D eigenvalue weighted by molar-refractivity contribution is 0.674. The zero-order valence-corrected chi connectivity index (χ0v) is 11.2. The highest BCUT2D eigenvalue weighted by Crippen LogP contribution is 2.12. The minimum Gasteiger partial charge on any atom is -0.321 e. The quantitative estimate of drug-likeness (QED) is 0.772. The molecular formula is C12H15N5O2. The second kappa shape index (κ2) is 4.72. The Morgan fingerprint density at radius 2 is 1.95 bits per heavy atom. The molecule has 0 amide bonds. The van der Waals surface area contributed by atoms with Crippen LogP contribution in [0.4, 0.5) is 0 Å². The van der Waals surface area contributed by atoms with Crippen LogP contribution in [0.15, 0.2) is 9.59 Å². The molecule has 0 aromatic carbocycles. The summed E-state index contributed by atoms with van der Waals surface area (Å²) in [6.45, 7) is 2.33. The van der Waals surface area contributed by atoms with E-state index >= 15 is 0 Å². The predicted octanol–water partition coefficient (Wildman–Crippen LogP) is -0.0902. The molecule has 0 unspecified atom stereocenters. The van der Waals surface area contributed by atoms with E-state index in [0.717, 1.165) is 4.57 Å². The SMILES string of the molecule is CCc1nc2c(c(=O)n(C)c(=O)n2C)n1CCC#N. The normalized spacial score (nSPS) is 10.8. The minimum atomic E-state index is -0.398. The average molecular weight is 261 g/mol. The van der Waals surface area contributed by atoms with E-state index in [1.807, 2.05) is 6.92 Å². The number of hydrogen-bond acceptors (Lipinski definition) is 4. The first-order valence-electron chi connectivity index (χ1n) is 6.05. The summed E-state index contributed by atoms with van der Waals surface area (Å²) < 4.78 is 4.16. The molecule has 7 heteroatoms. The Bertz CT molecular complexity index is 788. The van der Waals surface area contributed by atoms with Crippen LogP contribution in [0.25, 0.3) is 11.2 Å². The number of fused-ring (bicyclic) bond motifs is 1. The van der Waals surface area contributed by atoms with Crippen LogP contribution in [0.2, 0.25) is 0 Å². The standard InChI is InChI=1S/C12H15N5O2/c1-4-8-14-10-9(17(8)7-5-6-13)11(18)16(3)12(19)15(10)2/h4-5,7H2,1-3H3. The van der Waals surface area contributed by atoms with Crippen LogP contribution in [0.3, 0.4) is 0 Å². The number of hydrogen-bond donors (Lipinski definition) is 0. The van der Waals surface area contributed by atoms with Gasteiger partial charge >= 0.3 is 5.69 Å². The highest BCUT2D eigenvalue weighted by molar-refractivity contribution is 5.71. The van der Waals surface area contributed by atoms with Crippen molar-refractivity contribution < 1.29 is 0 Å². The maximum Gasteiger partial charge on any atom is 0.332 e. The van der Waals surface area contributed by atoms with Crippen molar-refractivity contribution in [1.82, 2.24) is 18.7 Å². The first-order valence-corrected chi connectivity index (χ1v) is 6.05. The molecule has 0 fully saturated rings. The first kappa shape index (κ1) is 13.1. The molecule has 0 atom stereocenters. The second-order valence-corrected chi connectivity index (χ2v) is 4.32. The smallest absolute Gasteiger partial charge is 0.321 e. The Labute approximate surface area is 109 Å². The Hall–Kier alpha value is -2.36. The monoisotopic (exact) mass is 261 g/mol. The van der Waals surface area contributed by atoms with Crippen molar-refractivity contribution in [3.05, 3.63) is 26.7 Å². The van der Waals surface area contributed by atoms with E-state index in [4.69, 9.17) is 5.26 Å². The van der Waals surface area contributed by atoms with E-state index in [9.17, 15) is 9.59 Å². The van der Waals surface area contributed by atoms with Crippen LogP contribution in [-0.2, 0) is 27.1 Å². The summed E-state index contributed by atoms with van der Waals surface area (Å²) in [4.78, 5) is 28.4. The van der Waals surface area contributed by atoms with Gasteiger partial charge in [0.2, 0.25) is 0 Å². The van der Waals surface area contributed by atoms with Crippen LogP contribution in [-0.4, -0.2) is 18.7 Å². The van der Waals surface area contributed by atoms with Gasteiger partial charge in [0.1, 0.15) is 5.82 Å². The topological polar surface area (TPSA) is 85.6 Å². The summed E-state index contributed by atoms with van der Waals surface area (Å²) in [5.41, 5.74) is -0.00656. The molecule has 0 bridgehead atoms. The Morgan fingerprint density at radius 1 is 1.26 bits per heavy atom. The van der Waals surface area contributed by atoms with Gasteiger partial charge in [0.05, 0.1) is 12.5 Å². The first-order chi connectivity index (χ1) is 9.02. The lowest BCUT2D eigenvalue weighted by Gasteiger charge is -2.06. The van der Waals surface area contributed by atoms with Gasteiger partial charge in [0, 0.05) is 27.1 Å². The third kappa shape index (κ3) is 1.85. The summed E-state index contributed by atoms with van der Waals surface area (Å²) in [5, 5.41) is 8.70. The molecule has 0 aliphatic carbocycles. The minimum absolute atomic E-state index is 0.296. The average Bonchev–Trinajstić information content (AvgIpc) is 2.79. The molecule has 0 aliphatic rings. The molecule has 0 saturated carbocycles. The highest BCUT2D eigenvalue weighted by Gasteiger charge is 2.17. The molecule has 2 rings (SSSR count). The van der Waals surface area contributed by atoms with Crippen molar-refractivity contribution in [2.75, 3.05) is 0 Å². The third-order valence-electron chi connectivity index (χ3n) is 3.19. The Morgan fingerprint density at radius 3 is 2.53 bits per heavy atom. The zero-order chi connectivity index (χ0) is 14.2. The molecular weight excluding hydrogens is 246 g/mol. The van der Waals surface area contributed by atoms with Crippen LogP contribution in [0, 0.1) is 11.3 Å². The maximum absolute atomic E-state index is 12.2. The summed E-state index contributed by atoms with van der Waals surface area (Å²) in [6, 6.07) is 2.06. The van der Waals surface area contributed by atoms with E-state index in [1.165, 1.54) is 11.6 Å². The van der Waals surface area contributed by atoms with Gasteiger partial charge in [-0.3, -0.25) is 13.9 Å². The molecule has 0 aliphatic heterocycles. The molecule has 19 heavy (non-hydrogen) atoms. The number of nitriles is 1. The van der Waals surface area contributed by atoms with Crippen molar-refractivity contribution in [2.24, 2.45) is 14.1 Å². The van der Waals surface area contributed by atoms with Gasteiger partial charge in [-0.1, -0.05) is 6.92 Å². The Balaban J connectivity index is 2.91. The lowest BCUT2D eigenvalue weighted by Crippen LogP contribution is -2.37. The van der Waals surface area contributed by atoms with E-state index in [2.05, 4.69) is 11.1 Å². The van der Waals surface area contributed by atoms with Crippen molar-refractivity contribution in [3.63, 3.8) is 0 Å². The van der Waals surface area contributed by atoms with Crippen LogP contribution >= 0.6 is 0 Å². The molecule has 2 aromatic rings. The number of nitrogens with zero attached hydrogens (tertiary/aromatic N) is 5. The van der Waals surface area contributed by atoms with E-state index in [-0.39, 0.29) is 5.56 Å². The van der Waals surface area contributed by atoms with Gasteiger partial charge in [-0.25, -0.2) is 9.78 Å². The van der Waals surface area contributed by atoms with Gasteiger partial charge in [-0.15, -0.1) is 0 Å². The van der Waals surface area contributed by atoms with E-state index in [0.29, 0.717) is 36.4 Å². The lowest BCUT2D eigenvalue weighted by atomic mass is 10.4. The fourth-order valence-electron chi connectivity index (χ4n) is 2.16. The molecule has 2 aromatic heterocycles. The summed E-state index contributed by atoms with van der Waals surface area (Å²) in [5.74, 6) is 0.712. The van der Waals surface area contributed by atoms with Gasteiger partial charge in [0.25, 0.3) is 5.56 Å². The maximum atomic E-state index is 12.2. The van der Waals surface area contributed by atoms with Gasteiger partial charge < -0.3 is 4.57 Å². The van der Waals surface area contributed by atoms with E-state index < -0.39 is 5.69 Å². The number of imidazole rings is 1. The van der Waals surface area contributed by atoms with E-state index in [1.54, 1.807) is 11.6 Å². The molecule has 0 saturated heterocycles. The van der Waals surface area contributed by atoms with Gasteiger partial charge in [-0.05, 0) is 0 Å². The summed E-state index contributed by atoms with van der Waals surface area (Å²) >= 11 is 0. The van der Waals surface area contributed by atoms with Crippen molar-refractivity contribution in [3.8, 4) is 6.07 Å². The molecule has 2 heterocycles. The summed E-state index contributed by atoms with van der Waals surface area (Å²) in [6.07, 6.45) is 0.932. The van der Waals surface area contributed by atoms with Gasteiger partial charge in [0.15, 0.2) is 11.2 Å². The van der Waals surface area contributed by atoms with Crippen LogP contribution in [0.1, 0.15) is 19.2 Å². The van der Waals surface area contributed by atoms with Crippen LogP contribution < -0.4 is 11.2 Å². The molecule has 7 nitrogen and oxygen atoms in total. The third-order valence-corrected chi connectivity index (χ3v) is 3.19. The number of aromatic nitrogens is 4. The van der Waals surface area contributed by atoms with Gasteiger partial charge in [-0.2, -0.15) is 5.26 Å². The second-order valence-electron chi connectivity index (χ2n) is 4.32. The number of rotatable bonds is 3. The van der Waals surface area contributed by atoms with Crippen molar-refractivity contribution in [1.29, 1.82) is 5.26 Å². The molecule has 0 N–H and O–H groups in total. The zero-order valence-electron chi connectivity index (χ0n) is 11.2. The summed E-state index contributed by atoms with van der Waals surface area (Å²) in [7, 11) is 3.03. The fourth-order valence-corrected chi connectivity index (χ4v) is 2.16. The molecule has 0 spiro atoms. The fraction of sp³-hybridized carbons (Fsp3) is 0.500. The highest BCUT2D eigenvalue weighted by atomic mass is 16.2. The predicted molar refractivity (Wildman–Crippen MR) is 69.8 cm³/mol. The van der Waals surface area contributed by atoms with Crippen LogP contribution in [0.5, 0.6) is 0 Å². The van der Waals surface area contributed by atoms with Crippen molar-refractivity contribution in [2.45, 2.75) is 26.3 Å². The largest absolute Gasteiger partial charge is 0.332 e. The molecule has 100 valence electrons. The number of aryl methyl sites for hydroxylation is 3. The van der Waals surface area contributed by atoms with Crippen molar-refractivity contribution >= 4 is 11.2 Å².